The van der Waals surface area contributed by atoms with Gasteiger partial charge in [0, 0.05) is 23.5 Å². The zero-order valence-corrected chi connectivity index (χ0v) is 9.49. The molecule has 2 nitrogen and oxygen atoms in total. The second-order valence-electron chi connectivity index (χ2n) is 2.54. The summed E-state index contributed by atoms with van der Waals surface area (Å²) in [7, 11) is 0. The molecule has 1 rings (SSSR count). The summed E-state index contributed by atoms with van der Waals surface area (Å²) in [6.07, 6.45) is -2.69. The summed E-state index contributed by atoms with van der Waals surface area (Å²) in [6, 6.07) is 0. The molecule has 0 aliphatic heterocycles. The standard InChI is InChI=1S/C7H8BrF3N2S/c8-1-3-13(5-7(9,10)11)6-12-2-4-14-6/h2,4H,1,3,5H2. The van der Waals surface area contributed by atoms with Crippen molar-refractivity contribution >= 4 is 32.4 Å². The topological polar surface area (TPSA) is 16.1 Å². The van der Waals surface area contributed by atoms with Crippen LogP contribution in [0.25, 0.3) is 0 Å². The number of alkyl halides is 4. The molecule has 0 atom stereocenters. The lowest BCUT2D eigenvalue weighted by molar-refractivity contribution is -0.119. The van der Waals surface area contributed by atoms with E-state index in [9.17, 15) is 13.2 Å². The molecule has 0 aliphatic rings. The maximum atomic E-state index is 12.1. The average Bonchev–Trinajstić information content (AvgIpc) is 2.52. The molecule has 0 radical (unpaired) electrons. The Morgan fingerprint density at radius 1 is 1.50 bits per heavy atom. The van der Waals surface area contributed by atoms with Gasteiger partial charge in [-0.2, -0.15) is 13.2 Å². The van der Waals surface area contributed by atoms with Crippen molar-refractivity contribution in [3.8, 4) is 0 Å². The Morgan fingerprint density at radius 3 is 2.64 bits per heavy atom. The second kappa shape index (κ2) is 4.97. The van der Waals surface area contributed by atoms with Crippen LogP contribution in [0.1, 0.15) is 0 Å². The molecular formula is C7H8BrF3N2S. The van der Waals surface area contributed by atoms with Crippen LogP contribution in [0.15, 0.2) is 11.6 Å². The monoisotopic (exact) mass is 288 g/mol. The van der Waals surface area contributed by atoms with Crippen molar-refractivity contribution in [1.82, 2.24) is 4.98 Å². The summed E-state index contributed by atoms with van der Waals surface area (Å²) in [5, 5.41) is 2.55. The van der Waals surface area contributed by atoms with Gasteiger partial charge in [-0.25, -0.2) is 4.98 Å². The van der Waals surface area contributed by atoms with Gasteiger partial charge in [0.1, 0.15) is 6.54 Å². The van der Waals surface area contributed by atoms with E-state index in [0.717, 1.165) is 0 Å². The zero-order chi connectivity index (χ0) is 10.6. The molecule has 0 fully saturated rings. The first kappa shape index (κ1) is 11.8. The Labute approximate surface area is 91.9 Å². The van der Waals surface area contributed by atoms with Crippen LogP contribution in [-0.4, -0.2) is 29.6 Å². The smallest absolute Gasteiger partial charge is 0.338 e. The molecule has 80 valence electrons. The number of rotatable bonds is 4. The highest BCUT2D eigenvalue weighted by atomic mass is 79.9. The third-order valence-corrected chi connectivity index (χ3v) is 2.60. The first-order valence-corrected chi connectivity index (χ1v) is 5.80. The number of anilines is 1. The quantitative estimate of drug-likeness (QED) is 0.792. The minimum Gasteiger partial charge on any atom is -0.338 e. The number of hydrogen-bond acceptors (Lipinski definition) is 3. The fraction of sp³-hybridized carbons (Fsp3) is 0.571. The maximum Gasteiger partial charge on any atom is 0.406 e. The maximum absolute atomic E-state index is 12.1. The molecule has 0 bridgehead atoms. The summed E-state index contributed by atoms with van der Waals surface area (Å²) < 4.78 is 36.4. The molecule has 0 saturated heterocycles. The molecule has 0 aromatic carbocycles. The Bertz CT molecular complexity index is 262. The van der Waals surface area contributed by atoms with Crippen molar-refractivity contribution < 1.29 is 13.2 Å². The van der Waals surface area contributed by atoms with E-state index in [1.54, 1.807) is 5.38 Å². The van der Waals surface area contributed by atoms with Crippen LogP contribution in [0.4, 0.5) is 18.3 Å². The first-order chi connectivity index (χ1) is 6.53. The van der Waals surface area contributed by atoms with Crippen molar-refractivity contribution in [2.45, 2.75) is 6.18 Å². The number of hydrogen-bond donors (Lipinski definition) is 0. The van der Waals surface area contributed by atoms with Crippen molar-refractivity contribution in [2.75, 3.05) is 23.3 Å². The van der Waals surface area contributed by atoms with Gasteiger partial charge in [0.2, 0.25) is 0 Å². The van der Waals surface area contributed by atoms with E-state index in [1.165, 1.54) is 22.4 Å². The SMILES string of the molecule is FC(F)(F)CN(CCBr)c1nccs1. The van der Waals surface area contributed by atoms with Crippen LogP contribution in [-0.2, 0) is 0 Å². The highest BCUT2D eigenvalue weighted by molar-refractivity contribution is 9.09. The van der Waals surface area contributed by atoms with Crippen LogP contribution >= 0.6 is 27.3 Å². The van der Waals surface area contributed by atoms with Crippen LogP contribution < -0.4 is 4.90 Å². The summed E-state index contributed by atoms with van der Waals surface area (Å²) >= 11 is 4.32. The summed E-state index contributed by atoms with van der Waals surface area (Å²) in [6.45, 7) is -0.654. The van der Waals surface area contributed by atoms with Crippen molar-refractivity contribution in [1.29, 1.82) is 0 Å². The van der Waals surface area contributed by atoms with E-state index < -0.39 is 12.7 Å². The Kier molecular flexibility index (Phi) is 4.18. The van der Waals surface area contributed by atoms with E-state index in [4.69, 9.17) is 0 Å². The fourth-order valence-corrected chi connectivity index (χ4v) is 2.03. The number of halogens is 4. The van der Waals surface area contributed by atoms with E-state index in [1.807, 2.05) is 0 Å². The Hall–Kier alpha value is -0.300. The lowest BCUT2D eigenvalue weighted by atomic mass is 10.5. The molecule has 0 saturated carbocycles. The van der Waals surface area contributed by atoms with E-state index in [2.05, 4.69) is 20.9 Å². The van der Waals surface area contributed by atoms with Gasteiger partial charge in [-0.15, -0.1) is 11.3 Å². The lowest BCUT2D eigenvalue weighted by Crippen LogP contribution is -2.35. The third kappa shape index (κ3) is 3.83. The van der Waals surface area contributed by atoms with E-state index in [-0.39, 0.29) is 0 Å². The van der Waals surface area contributed by atoms with Gasteiger partial charge in [0.05, 0.1) is 0 Å². The largest absolute Gasteiger partial charge is 0.406 e. The van der Waals surface area contributed by atoms with E-state index >= 15 is 0 Å². The van der Waals surface area contributed by atoms with Crippen LogP contribution in [0.2, 0.25) is 0 Å². The van der Waals surface area contributed by atoms with Crippen molar-refractivity contribution in [3.05, 3.63) is 11.6 Å². The molecule has 7 heteroatoms. The predicted molar refractivity (Wildman–Crippen MR) is 54.2 cm³/mol. The Morgan fingerprint density at radius 2 is 2.21 bits per heavy atom. The second-order valence-corrected chi connectivity index (χ2v) is 4.21. The molecule has 0 aliphatic carbocycles. The summed E-state index contributed by atoms with van der Waals surface area (Å²) in [5.41, 5.74) is 0. The van der Waals surface area contributed by atoms with Crippen molar-refractivity contribution in [3.63, 3.8) is 0 Å². The third-order valence-electron chi connectivity index (χ3n) is 1.41. The minimum atomic E-state index is -4.19. The number of thiazole rings is 1. The summed E-state index contributed by atoms with van der Waals surface area (Å²) in [5.74, 6) is 0. The Balaban J connectivity index is 2.65. The van der Waals surface area contributed by atoms with Gasteiger partial charge in [0.15, 0.2) is 5.13 Å². The highest BCUT2D eigenvalue weighted by Crippen LogP contribution is 2.23. The molecule has 1 heterocycles. The van der Waals surface area contributed by atoms with Gasteiger partial charge >= 0.3 is 6.18 Å². The normalized spacial score (nSPS) is 11.7. The number of aromatic nitrogens is 1. The molecule has 0 unspecified atom stereocenters. The zero-order valence-electron chi connectivity index (χ0n) is 7.09. The minimum absolute atomic E-state index is 0.299. The fourth-order valence-electron chi connectivity index (χ4n) is 0.933. The molecule has 1 aromatic heterocycles. The first-order valence-electron chi connectivity index (χ1n) is 3.80. The van der Waals surface area contributed by atoms with Gasteiger partial charge < -0.3 is 4.90 Å². The molecule has 0 spiro atoms. The summed E-state index contributed by atoms with van der Waals surface area (Å²) in [4.78, 5) is 5.05. The van der Waals surface area contributed by atoms with Crippen LogP contribution in [0.5, 0.6) is 0 Å². The predicted octanol–water partition coefficient (Wildman–Crippen LogP) is 2.91. The average molecular weight is 289 g/mol. The highest BCUT2D eigenvalue weighted by Gasteiger charge is 2.31. The van der Waals surface area contributed by atoms with Gasteiger partial charge in [0.25, 0.3) is 0 Å². The number of nitrogens with zero attached hydrogens (tertiary/aromatic N) is 2. The van der Waals surface area contributed by atoms with Gasteiger partial charge in [-0.05, 0) is 0 Å². The van der Waals surface area contributed by atoms with Crippen LogP contribution in [0, 0.1) is 0 Å². The van der Waals surface area contributed by atoms with Gasteiger partial charge in [-0.3, -0.25) is 0 Å². The molecular weight excluding hydrogens is 281 g/mol. The molecule has 0 amide bonds. The lowest BCUT2D eigenvalue weighted by Gasteiger charge is -2.21. The van der Waals surface area contributed by atoms with Gasteiger partial charge in [-0.1, -0.05) is 15.9 Å². The van der Waals surface area contributed by atoms with E-state index in [0.29, 0.717) is 17.0 Å². The van der Waals surface area contributed by atoms with Crippen LogP contribution in [0.3, 0.4) is 0 Å². The molecule has 1 aromatic rings. The van der Waals surface area contributed by atoms with Crippen molar-refractivity contribution in [2.24, 2.45) is 0 Å². The molecule has 14 heavy (non-hydrogen) atoms. The molecule has 0 N–H and O–H groups in total.